The van der Waals surface area contributed by atoms with Gasteiger partial charge in [-0.05, 0) is 56.3 Å². The quantitative estimate of drug-likeness (QED) is 0.615. The van der Waals surface area contributed by atoms with Crippen molar-refractivity contribution in [1.29, 1.82) is 0 Å². The average Bonchev–Trinajstić information content (AvgIpc) is 2.62. The van der Waals surface area contributed by atoms with Gasteiger partial charge in [-0.1, -0.05) is 0 Å². The van der Waals surface area contributed by atoms with Crippen molar-refractivity contribution in [2.24, 2.45) is 0 Å². The number of sulfonamides is 1. The van der Waals surface area contributed by atoms with E-state index in [9.17, 15) is 34.8 Å². The highest BCUT2D eigenvalue weighted by Gasteiger charge is 2.38. The number of rotatable bonds is 6. The maximum Gasteiger partial charge on any atom is 0.416 e. The van der Waals surface area contributed by atoms with Gasteiger partial charge in [-0.3, -0.25) is 4.72 Å². The molecule has 1 N–H and O–H groups in total. The number of halogens is 6. The van der Waals surface area contributed by atoms with Crippen molar-refractivity contribution in [1.82, 2.24) is 0 Å². The first-order chi connectivity index (χ1) is 13.3. The minimum Gasteiger partial charge on any atom is -0.372 e. The van der Waals surface area contributed by atoms with Crippen LogP contribution >= 0.6 is 0 Å². The highest BCUT2D eigenvalue weighted by atomic mass is 32.2. The lowest BCUT2D eigenvalue weighted by Crippen LogP contribution is -2.21. The summed E-state index contributed by atoms with van der Waals surface area (Å²) in [5.41, 5.74) is -2.61. The van der Waals surface area contributed by atoms with Crippen LogP contribution in [-0.4, -0.2) is 21.5 Å². The molecule has 0 bridgehead atoms. The fourth-order valence-electron chi connectivity index (χ4n) is 2.62. The number of nitrogens with zero attached hydrogens (tertiary/aromatic N) is 1. The van der Waals surface area contributed by atoms with Crippen LogP contribution in [-0.2, 0) is 22.4 Å². The molecule has 0 saturated heterocycles. The highest BCUT2D eigenvalue weighted by Crippen LogP contribution is 2.37. The highest BCUT2D eigenvalue weighted by molar-refractivity contribution is 7.92. The molecule has 0 aliphatic rings. The molecule has 0 amide bonds. The molecule has 0 saturated carbocycles. The standard InChI is InChI=1S/C18H18F6N2O2S/c1-3-26(4-2)15-7-5-14(6-8-15)25-29(27,28)16-10-12(17(19,20)21)9-13(11-16)18(22,23)24/h5-11,25H,3-4H2,1-2H3. The van der Waals surface area contributed by atoms with Crippen molar-refractivity contribution in [2.45, 2.75) is 31.1 Å². The Kier molecular flexibility index (Phi) is 6.41. The summed E-state index contributed by atoms with van der Waals surface area (Å²) >= 11 is 0. The Bertz CT molecular complexity index is 918. The molecule has 160 valence electrons. The molecule has 2 rings (SSSR count). The molecule has 2 aromatic carbocycles. The van der Waals surface area contributed by atoms with E-state index >= 15 is 0 Å². The summed E-state index contributed by atoms with van der Waals surface area (Å²) in [6, 6.07) is 6.16. The van der Waals surface area contributed by atoms with E-state index in [1.54, 1.807) is 12.1 Å². The van der Waals surface area contributed by atoms with Gasteiger partial charge in [-0.2, -0.15) is 26.3 Å². The number of hydrogen-bond donors (Lipinski definition) is 1. The summed E-state index contributed by atoms with van der Waals surface area (Å²) in [5.74, 6) is 0. The molecule has 0 spiro atoms. The zero-order valence-electron chi connectivity index (χ0n) is 15.4. The largest absolute Gasteiger partial charge is 0.416 e. The summed E-state index contributed by atoms with van der Waals surface area (Å²) in [4.78, 5) is 0.841. The van der Waals surface area contributed by atoms with Crippen molar-refractivity contribution in [3.63, 3.8) is 0 Å². The summed E-state index contributed by atoms with van der Waals surface area (Å²) < 4.78 is 105. The molecule has 0 fully saturated rings. The lowest BCUT2D eigenvalue weighted by atomic mass is 10.1. The molecule has 2 aromatic rings. The van der Waals surface area contributed by atoms with Crippen molar-refractivity contribution >= 4 is 21.4 Å². The molecular formula is C18H18F6N2O2S. The van der Waals surface area contributed by atoms with Crippen LogP contribution in [0.3, 0.4) is 0 Å². The number of anilines is 2. The van der Waals surface area contributed by atoms with E-state index in [0.29, 0.717) is 13.1 Å². The maximum atomic E-state index is 13.0. The van der Waals surface area contributed by atoms with Gasteiger partial charge in [0.05, 0.1) is 16.0 Å². The molecule has 29 heavy (non-hydrogen) atoms. The van der Waals surface area contributed by atoms with Gasteiger partial charge in [0.1, 0.15) is 0 Å². The second-order valence-electron chi connectivity index (χ2n) is 6.07. The van der Waals surface area contributed by atoms with E-state index in [4.69, 9.17) is 0 Å². The van der Waals surface area contributed by atoms with Crippen LogP contribution in [0.1, 0.15) is 25.0 Å². The second-order valence-corrected chi connectivity index (χ2v) is 7.75. The molecule has 0 heterocycles. The van der Waals surface area contributed by atoms with E-state index in [1.165, 1.54) is 12.1 Å². The van der Waals surface area contributed by atoms with E-state index in [1.807, 2.05) is 23.5 Å². The first kappa shape index (κ1) is 22.9. The molecule has 0 atom stereocenters. The monoisotopic (exact) mass is 440 g/mol. The van der Waals surface area contributed by atoms with Gasteiger partial charge in [0, 0.05) is 24.5 Å². The van der Waals surface area contributed by atoms with Crippen LogP contribution < -0.4 is 9.62 Å². The van der Waals surface area contributed by atoms with Crippen LogP contribution in [0.15, 0.2) is 47.4 Å². The molecular weight excluding hydrogens is 422 g/mol. The SMILES string of the molecule is CCN(CC)c1ccc(NS(=O)(=O)c2cc(C(F)(F)F)cc(C(F)(F)F)c2)cc1. The zero-order chi connectivity index (χ0) is 22.0. The number of alkyl halides is 6. The molecule has 0 unspecified atom stereocenters. The minimum atomic E-state index is -5.14. The average molecular weight is 440 g/mol. The molecule has 4 nitrogen and oxygen atoms in total. The van der Waals surface area contributed by atoms with E-state index in [2.05, 4.69) is 0 Å². The summed E-state index contributed by atoms with van der Waals surface area (Å²) in [6.45, 7) is 5.25. The van der Waals surface area contributed by atoms with Crippen LogP contribution in [0.5, 0.6) is 0 Å². The third-order valence-electron chi connectivity index (χ3n) is 4.12. The lowest BCUT2D eigenvalue weighted by molar-refractivity contribution is -0.143. The fourth-order valence-corrected chi connectivity index (χ4v) is 3.75. The van der Waals surface area contributed by atoms with E-state index < -0.39 is 38.4 Å². The van der Waals surface area contributed by atoms with Crippen molar-refractivity contribution in [2.75, 3.05) is 22.7 Å². The van der Waals surface area contributed by atoms with Crippen molar-refractivity contribution in [3.05, 3.63) is 53.6 Å². The Morgan fingerprint density at radius 2 is 1.28 bits per heavy atom. The number of hydrogen-bond acceptors (Lipinski definition) is 3. The zero-order valence-corrected chi connectivity index (χ0v) is 16.2. The normalized spacial score (nSPS) is 12.7. The molecule has 0 aromatic heterocycles. The Balaban J connectivity index is 2.42. The Hall–Kier alpha value is -2.43. The van der Waals surface area contributed by atoms with Gasteiger partial charge in [0.15, 0.2) is 0 Å². The number of benzene rings is 2. The Morgan fingerprint density at radius 1 is 0.828 bits per heavy atom. The predicted octanol–water partition coefficient (Wildman–Crippen LogP) is 5.37. The van der Waals surface area contributed by atoms with Crippen molar-refractivity contribution in [3.8, 4) is 0 Å². The third kappa shape index (κ3) is 5.55. The second kappa shape index (κ2) is 8.13. The topological polar surface area (TPSA) is 49.4 Å². The van der Waals surface area contributed by atoms with Gasteiger partial charge in [-0.15, -0.1) is 0 Å². The Labute approximate surface area is 164 Å². The molecule has 0 aliphatic heterocycles. The Morgan fingerprint density at radius 3 is 1.66 bits per heavy atom. The third-order valence-corrected chi connectivity index (χ3v) is 5.48. The van der Waals surface area contributed by atoms with E-state index in [-0.39, 0.29) is 23.9 Å². The maximum absolute atomic E-state index is 13.0. The summed E-state index contributed by atoms with van der Waals surface area (Å²) in [6.07, 6.45) is -10.3. The van der Waals surface area contributed by atoms with Crippen LogP contribution in [0, 0.1) is 0 Å². The minimum absolute atomic E-state index is 0.00637. The van der Waals surface area contributed by atoms with Gasteiger partial charge < -0.3 is 4.90 Å². The van der Waals surface area contributed by atoms with Gasteiger partial charge in [0.25, 0.3) is 10.0 Å². The summed E-state index contributed by atoms with van der Waals surface area (Å²) in [5, 5.41) is 0. The van der Waals surface area contributed by atoms with E-state index in [0.717, 1.165) is 5.69 Å². The van der Waals surface area contributed by atoms with Crippen molar-refractivity contribution < 1.29 is 34.8 Å². The van der Waals surface area contributed by atoms with Gasteiger partial charge >= 0.3 is 12.4 Å². The predicted molar refractivity (Wildman–Crippen MR) is 97.3 cm³/mol. The van der Waals surface area contributed by atoms with Crippen LogP contribution in [0.4, 0.5) is 37.7 Å². The van der Waals surface area contributed by atoms with Crippen LogP contribution in [0.2, 0.25) is 0 Å². The first-order valence-corrected chi connectivity index (χ1v) is 9.93. The fraction of sp³-hybridized carbons (Fsp3) is 0.333. The molecule has 0 aliphatic carbocycles. The lowest BCUT2D eigenvalue weighted by Gasteiger charge is -2.21. The van der Waals surface area contributed by atoms with Gasteiger partial charge in [0.2, 0.25) is 0 Å². The first-order valence-electron chi connectivity index (χ1n) is 8.45. The smallest absolute Gasteiger partial charge is 0.372 e. The molecule has 0 radical (unpaired) electrons. The summed E-state index contributed by atoms with van der Waals surface area (Å²) in [7, 11) is -4.69. The van der Waals surface area contributed by atoms with Crippen LogP contribution in [0.25, 0.3) is 0 Å². The number of nitrogens with one attached hydrogen (secondary N) is 1. The molecule has 11 heteroatoms. The van der Waals surface area contributed by atoms with Gasteiger partial charge in [-0.25, -0.2) is 8.42 Å².